The number of nitrogens with zero attached hydrogens (tertiary/aromatic N) is 3. The molecular weight excluding hydrogens is 458 g/mol. The van der Waals surface area contributed by atoms with Gasteiger partial charge in [-0.05, 0) is 30.5 Å². The van der Waals surface area contributed by atoms with Crippen molar-refractivity contribution in [2.45, 2.75) is 25.5 Å². The van der Waals surface area contributed by atoms with Crippen LogP contribution in [0.25, 0.3) is 17.0 Å². The molecule has 2 aromatic carbocycles. The topological polar surface area (TPSA) is 77.6 Å². The van der Waals surface area contributed by atoms with E-state index in [1.54, 1.807) is 17.0 Å². The van der Waals surface area contributed by atoms with Gasteiger partial charge in [-0.15, -0.1) is 0 Å². The van der Waals surface area contributed by atoms with E-state index < -0.39 is 4.92 Å². The van der Waals surface area contributed by atoms with Crippen LogP contribution in [0.15, 0.2) is 59.6 Å². The summed E-state index contributed by atoms with van der Waals surface area (Å²) >= 11 is 6.81. The molecule has 0 bridgehead atoms. The Hall–Kier alpha value is -3.01. The number of hydrogen-bond acceptors (Lipinski definition) is 6. The smallest absolute Gasteiger partial charge is 0.269 e. The number of amides is 1. The van der Waals surface area contributed by atoms with Crippen molar-refractivity contribution in [2.24, 2.45) is 0 Å². The molecule has 3 heterocycles. The predicted molar refractivity (Wildman–Crippen MR) is 133 cm³/mol. The maximum atomic E-state index is 13.1. The number of carbonyl (C=O) groups excluding carboxylic acids is 1. The molecule has 0 unspecified atom stereocenters. The standard InChI is InChI=1S/C24H21N3O4S2/c28-23-22(33-24(32)26(23)15-19-4-3-11-31-19)12-17-14-25(21-6-2-1-5-20(17)21)13-16-7-9-18(10-8-16)27(29)30/h1-2,5-10,12,14,19H,3-4,11,13,15H2/b22-12-/t19-/m1/s1. The van der Waals surface area contributed by atoms with Crippen LogP contribution in [0.3, 0.4) is 0 Å². The molecule has 0 aliphatic carbocycles. The number of thioether (sulfide) groups is 1. The highest BCUT2D eigenvalue weighted by Crippen LogP contribution is 2.35. The molecule has 1 aromatic heterocycles. The first kappa shape index (κ1) is 21.8. The predicted octanol–water partition coefficient (Wildman–Crippen LogP) is 4.98. The van der Waals surface area contributed by atoms with Gasteiger partial charge in [-0.2, -0.15) is 0 Å². The van der Waals surface area contributed by atoms with Gasteiger partial charge in [0.1, 0.15) is 4.32 Å². The molecule has 2 saturated heterocycles. The lowest BCUT2D eigenvalue weighted by molar-refractivity contribution is -0.384. The van der Waals surface area contributed by atoms with Crippen LogP contribution in [0.2, 0.25) is 0 Å². The zero-order chi connectivity index (χ0) is 22.9. The van der Waals surface area contributed by atoms with Gasteiger partial charge in [0.2, 0.25) is 0 Å². The van der Waals surface area contributed by atoms with Crippen LogP contribution in [0.4, 0.5) is 5.69 Å². The van der Waals surface area contributed by atoms with Gasteiger partial charge in [-0.1, -0.05) is 54.3 Å². The van der Waals surface area contributed by atoms with E-state index in [2.05, 4.69) is 4.57 Å². The highest BCUT2D eigenvalue weighted by Gasteiger charge is 2.34. The summed E-state index contributed by atoms with van der Waals surface area (Å²) in [4.78, 5) is 25.8. The van der Waals surface area contributed by atoms with Crippen molar-refractivity contribution in [3.8, 4) is 0 Å². The summed E-state index contributed by atoms with van der Waals surface area (Å²) < 4.78 is 8.34. The Kier molecular flexibility index (Phi) is 6.01. The molecule has 33 heavy (non-hydrogen) atoms. The lowest BCUT2D eigenvalue weighted by atomic mass is 10.1. The maximum absolute atomic E-state index is 13.1. The Morgan fingerprint density at radius 2 is 2.00 bits per heavy atom. The number of nitro benzene ring substituents is 1. The number of benzene rings is 2. The maximum Gasteiger partial charge on any atom is 0.269 e. The summed E-state index contributed by atoms with van der Waals surface area (Å²) in [5, 5.41) is 12.0. The highest BCUT2D eigenvalue weighted by molar-refractivity contribution is 8.26. The quantitative estimate of drug-likeness (QED) is 0.215. The average molecular weight is 480 g/mol. The van der Waals surface area contributed by atoms with Crippen LogP contribution < -0.4 is 0 Å². The van der Waals surface area contributed by atoms with Gasteiger partial charge in [0.25, 0.3) is 11.6 Å². The van der Waals surface area contributed by atoms with Crippen LogP contribution in [-0.2, 0) is 16.1 Å². The second-order valence-corrected chi connectivity index (χ2v) is 9.76. The number of carbonyl (C=O) groups is 1. The van der Waals surface area contributed by atoms with E-state index in [0.717, 1.165) is 41.5 Å². The van der Waals surface area contributed by atoms with E-state index >= 15 is 0 Å². The number of para-hydroxylation sites is 1. The molecule has 0 spiro atoms. The van der Waals surface area contributed by atoms with E-state index in [1.807, 2.05) is 36.5 Å². The molecular formula is C24H21N3O4S2. The number of rotatable bonds is 6. The van der Waals surface area contributed by atoms with Crippen molar-refractivity contribution < 1.29 is 14.5 Å². The van der Waals surface area contributed by atoms with Gasteiger partial charge in [0.15, 0.2) is 0 Å². The van der Waals surface area contributed by atoms with Crippen molar-refractivity contribution in [3.63, 3.8) is 0 Å². The number of non-ortho nitro benzene ring substituents is 1. The van der Waals surface area contributed by atoms with Gasteiger partial charge in [0, 0.05) is 47.9 Å². The highest BCUT2D eigenvalue weighted by atomic mass is 32.2. The largest absolute Gasteiger partial charge is 0.376 e. The van der Waals surface area contributed by atoms with Gasteiger partial charge >= 0.3 is 0 Å². The normalized spacial score (nSPS) is 19.8. The van der Waals surface area contributed by atoms with Gasteiger partial charge in [-0.25, -0.2) is 0 Å². The van der Waals surface area contributed by atoms with Gasteiger partial charge < -0.3 is 9.30 Å². The fourth-order valence-electron chi connectivity index (χ4n) is 4.23. The molecule has 2 aliphatic rings. The first-order chi connectivity index (χ1) is 16.0. The third kappa shape index (κ3) is 4.44. The number of thiocarbonyl (C=S) groups is 1. The minimum absolute atomic E-state index is 0.0514. The number of hydrogen-bond donors (Lipinski definition) is 0. The summed E-state index contributed by atoms with van der Waals surface area (Å²) in [7, 11) is 0. The Labute approximate surface area is 200 Å². The summed E-state index contributed by atoms with van der Waals surface area (Å²) in [6.45, 7) is 1.81. The third-order valence-electron chi connectivity index (χ3n) is 5.89. The zero-order valence-electron chi connectivity index (χ0n) is 17.7. The monoisotopic (exact) mass is 479 g/mol. The Morgan fingerprint density at radius 3 is 2.73 bits per heavy atom. The van der Waals surface area contributed by atoms with Gasteiger partial charge in [-0.3, -0.25) is 19.8 Å². The summed E-state index contributed by atoms with van der Waals surface area (Å²) in [6, 6.07) is 14.6. The second kappa shape index (κ2) is 9.09. The molecule has 168 valence electrons. The van der Waals surface area contributed by atoms with E-state index in [1.165, 1.54) is 23.9 Å². The molecule has 5 rings (SSSR count). The molecule has 1 atom stereocenters. The molecule has 0 saturated carbocycles. The lowest BCUT2D eigenvalue weighted by Gasteiger charge is -2.18. The fourth-order valence-corrected chi connectivity index (χ4v) is 5.50. The molecule has 9 heteroatoms. The van der Waals surface area contributed by atoms with Crippen LogP contribution in [0.5, 0.6) is 0 Å². The lowest BCUT2D eigenvalue weighted by Crippen LogP contribution is -2.35. The van der Waals surface area contributed by atoms with Crippen LogP contribution in [0.1, 0.15) is 24.0 Å². The van der Waals surface area contributed by atoms with Crippen molar-refractivity contribution in [1.82, 2.24) is 9.47 Å². The number of aromatic nitrogens is 1. The van der Waals surface area contributed by atoms with E-state index in [9.17, 15) is 14.9 Å². The Balaban J connectivity index is 1.43. The molecule has 2 aliphatic heterocycles. The van der Waals surface area contributed by atoms with E-state index in [-0.39, 0.29) is 17.7 Å². The Bertz CT molecular complexity index is 1280. The SMILES string of the molecule is O=C1/C(=C/c2cn(Cc3ccc([N+](=O)[O-])cc3)c3ccccc23)SC(=S)N1C[C@H]1CCCO1. The number of ether oxygens (including phenoxy) is 1. The molecule has 1 amide bonds. The number of fused-ring (bicyclic) bond motifs is 1. The van der Waals surface area contributed by atoms with Crippen molar-refractivity contribution in [2.75, 3.05) is 13.2 Å². The zero-order valence-corrected chi connectivity index (χ0v) is 19.3. The average Bonchev–Trinajstić information content (AvgIpc) is 3.51. The van der Waals surface area contributed by atoms with Crippen LogP contribution in [0, 0.1) is 10.1 Å². The van der Waals surface area contributed by atoms with Crippen LogP contribution in [-0.4, -0.2) is 43.9 Å². The van der Waals surface area contributed by atoms with Crippen molar-refractivity contribution in [1.29, 1.82) is 0 Å². The first-order valence-corrected chi connectivity index (χ1v) is 11.9. The summed E-state index contributed by atoms with van der Waals surface area (Å²) in [6.07, 6.45) is 5.94. The van der Waals surface area contributed by atoms with E-state index in [4.69, 9.17) is 17.0 Å². The fraction of sp³-hybridized carbons (Fsp3) is 0.250. The molecule has 7 nitrogen and oxygen atoms in total. The summed E-state index contributed by atoms with van der Waals surface area (Å²) in [5.74, 6) is -0.0762. The third-order valence-corrected chi connectivity index (χ3v) is 7.27. The molecule has 2 fully saturated rings. The molecule has 0 N–H and O–H groups in total. The Morgan fingerprint density at radius 1 is 1.21 bits per heavy atom. The first-order valence-electron chi connectivity index (χ1n) is 10.7. The minimum Gasteiger partial charge on any atom is -0.376 e. The molecule has 3 aromatic rings. The second-order valence-electron chi connectivity index (χ2n) is 8.08. The summed E-state index contributed by atoms with van der Waals surface area (Å²) in [5.41, 5.74) is 2.99. The molecule has 0 radical (unpaired) electrons. The van der Waals surface area contributed by atoms with Crippen molar-refractivity contribution >= 4 is 56.9 Å². The number of nitro groups is 1. The minimum atomic E-state index is -0.401. The van der Waals surface area contributed by atoms with Crippen molar-refractivity contribution in [3.05, 3.63) is 80.9 Å². The van der Waals surface area contributed by atoms with Gasteiger partial charge in [0.05, 0.1) is 22.5 Å². The van der Waals surface area contributed by atoms with Crippen LogP contribution >= 0.6 is 24.0 Å². The van der Waals surface area contributed by atoms with E-state index in [0.29, 0.717) is 22.3 Å².